The minimum Gasteiger partial charge on any atom is -0.303 e. The second kappa shape index (κ2) is 11.1. The van der Waals surface area contributed by atoms with E-state index in [-0.39, 0.29) is 17.4 Å². The van der Waals surface area contributed by atoms with E-state index < -0.39 is 11.7 Å². The van der Waals surface area contributed by atoms with Crippen LogP contribution >= 0.6 is 0 Å². The summed E-state index contributed by atoms with van der Waals surface area (Å²) in [5.41, 5.74) is 1.61. The number of benzene rings is 3. The summed E-state index contributed by atoms with van der Waals surface area (Å²) in [4.78, 5) is 15.7. The van der Waals surface area contributed by atoms with Gasteiger partial charge in [-0.2, -0.15) is 18.3 Å². The highest BCUT2D eigenvalue weighted by Crippen LogP contribution is 2.30. The van der Waals surface area contributed by atoms with E-state index >= 15 is 0 Å². The van der Waals surface area contributed by atoms with Crippen LogP contribution in [0.3, 0.4) is 0 Å². The molecule has 1 aromatic heterocycles. The van der Waals surface area contributed by atoms with Gasteiger partial charge in [-0.1, -0.05) is 48.5 Å². The van der Waals surface area contributed by atoms with Gasteiger partial charge in [0.15, 0.2) is 0 Å². The van der Waals surface area contributed by atoms with Crippen LogP contribution in [0, 0.1) is 5.82 Å². The molecule has 0 bridgehead atoms. The molecule has 5 rings (SSSR count). The predicted molar refractivity (Wildman–Crippen MR) is 140 cm³/mol. The van der Waals surface area contributed by atoms with Crippen molar-refractivity contribution in [3.05, 3.63) is 111 Å². The Bertz CT molecular complexity index is 1460. The standard InChI is InChI=1S/C30H29F4N3O/c31-24-12-10-22(11-13-24)20-28-26-8-1-2-9-27(26)29(38)37(35-28)25-7-4-16-36(18-15-25)17-14-21-5-3-6-23(19-21)30(32,33)34/h1-3,5-6,8-13,19,25H,4,7,14-18,20H2. The quantitative estimate of drug-likeness (QED) is 0.274. The molecular weight excluding hydrogens is 494 g/mol. The minimum absolute atomic E-state index is 0.0716. The maximum Gasteiger partial charge on any atom is 0.416 e. The zero-order chi connectivity index (χ0) is 26.7. The van der Waals surface area contributed by atoms with Crippen LogP contribution in [0.5, 0.6) is 0 Å². The summed E-state index contributed by atoms with van der Waals surface area (Å²) in [6.07, 6.45) is -0.949. The van der Waals surface area contributed by atoms with Crippen LogP contribution < -0.4 is 5.56 Å². The van der Waals surface area contributed by atoms with Crippen LogP contribution in [0.2, 0.25) is 0 Å². The summed E-state index contributed by atoms with van der Waals surface area (Å²) in [5, 5.41) is 6.24. The number of fused-ring (bicyclic) bond motifs is 1. The normalized spacial score (nSPS) is 17.0. The molecule has 4 nitrogen and oxygen atoms in total. The molecule has 0 saturated carbocycles. The molecule has 1 aliphatic rings. The fourth-order valence-electron chi connectivity index (χ4n) is 5.24. The summed E-state index contributed by atoms with van der Waals surface area (Å²) < 4.78 is 54.2. The van der Waals surface area contributed by atoms with Gasteiger partial charge in [0.2, 0.25) is 0 Å². The van der Waals surface area contributed by atoms with Crippen molar-refractivity contribution in [1.29, 1.82) is 0 Å². The molecule has 0 aliphatic carbocycles. The van der Waals surface area contributed by atoms with Gasteiger partial charge in [0.1, 0.15) is 5.82 Å². The van der Waals surface area contributed by atoms with E-state index in [1.54, 1.807) is 22.9 Å². The van der Waals surface area contributed by atoms with Gasteiger partial charge in [0, 0.05) is 24.9 Å². The largest absolute Gasteiger partial charge is 0.416 e. The highest BCUT2D eigenvalue weighted by atomic mass is 19.4. The molecule has 1 atom stereocenters. The lowest BCUT2D eigenvalue weighted by Gasteiger charge is -2.21. The number of halogens is 4. The van der Waals surface area contributed by atoms with E-state index in [0.29, 0.717) is 30.3 Å². The number of rotatable bonds is 6. The van der Waals surface area contributed by atoms with Gasteiger partial charge in [0.25, 0.3) is 5.56 Å². The second-order valence-corrected chi connectivity index (χ2v) is 9.92. The highest BCUT2D eigenvalue weighted by molar-refractivity contribution is 5.83. The topological polar surface area (TPSA) is 38.1 Å². The molecule has 0 amide bonds. The highest BCUT2D eigenvalue weighted by Gasteiger charge is 2.30. The Kier molecular flexibility index (Phi) is 7.61. The van der Waals surface area contributed by atoms with E-state index in [1.807, 2.05) is 24.3 Å². The molecule has 38 heavy (non-hydrogen) atoms. The van der Waals surface area contributed by atoms with Crippen molar-refractivity contribution in [2.75, 3.05) is 19.6 Å². The average molecular weight is 524 g/mol. The van der Waals surface area contributed by atoms with Crippen molar-refractivity contribution in [2.45, 2.75) is 44.3 Å². The summed E-state index contributed by atoms with van der Waals surface area (Å²) in [5.74, 6) is -0.299. The SMILES string of the molecule is O=c1c2ccccc2c(Cc2ccc(F)cc2)nn1C1CCCN(CCc2cccc(C(F)(F)F)c2)CC1. The molecule has 4 aromatic rings. The summed E-state index contributed by atoms with van der Waals surface area (Å²) in [7, 11) is 0. The maximum atomic E-state index is 13.4. The second-order valence-electron chi connectivity index (χ2n) is 9.92. The molecule has 0 spiro atoms. The molecule has 1 saturated heterocycles. The number of likely N-dealkylation sites (tertiary alicyclic amines) is 1. The fourth-order valence-corrected chi connectivity index (χ4v) is 5.24. The van der Waals surface area contributed by atoms with Crippen LogP contribution in [0.15, 0.2) is 77.6 Å². The molecule has 2 heterocycles. The van der Waals surface area contributed by atoms with Gasteiger partial charge in [-0.05, 0) is 67.6 Å². The molecule has 1 unspecified atom stereocenters. The van der Waals surface area contributed by atoms with E-state index in [2.05, 4.69) is 4.90 Å². The van der Waals surface area contributed by atoms with Crippen molar-refractivity contribution in [3.63, 3.8) is 0 Å². The summed E-state index contributed by atoms with van der Waals surface area (Å²) >= 11 is 0. The van der Waals surface area contributed by atoms with Crippen LogP contribution in [0.25, 0.3) is 10.8 Å². The molecule has 1 fully saturated rings. The minimum atomic E-state index is -4.35. The summed E-state index contributed by atoms with van der Waals surface area (Å²) in [6, 6.07) is 19.2. The Morgan fingerprint density at radius 3 is 2.39 bits per heavy atom. The summed E-state index contributed by atoms with van der Waals surface area (Å²) in [6.45, 7) is 2.21. The third-order valence-electron chi connectivity index (χ3n) is 7.30. The number of nitrogens with zero attached hydrogens (tertiary/aromatic N) is 3. The van der Waals surface area contributed by atoms with Gasteiger partial charge >= 0.3 is 6.18 Å². The molecule has 198 valence electrons. The molecule has 1 aliphatic heterocycles. The van der Waals surface area contributed by atoms with Crippen molar-refractivity contribution in [1.82, 2.24) is 14.7 Å². The number of hydrogen-bond donors (Lipinski definition) is 0. The monoisotopic (exact) mass is 523 g/mol. The third-order valence-corrected chi connectivity index (χ3v) is 7.30. The zero-order valence-electron chi connectivity index (χ0n) is 20.9. The van der Waals surface area contributed by atoms with Crippen molar-refractivity contribution in [2.24, 2.45) is 0 Å². The Morgan fingerprint density at radius 2 is 1.63 bits per heavy atom. The number of hydrogen-bond acceptors (Lipinski definition) is 3. The van der Waals surface area contributed by atoms with Crippen LogP contribution in [0.1, 0.15) is 47.7 Å². The Labute approximate surface area is 218 Å². The Balaban J connectivity index is 1.33. The van der Waals surface area contributed by atoms with Crippen LogP contribution in [-0.4, -0.2) is 34.3 Å². The Morgan fingerprint density at radius 1 is 0.868 bits per heavy atom. The first-order chi connectivity index (χ1) is 18.3. The van der Waals surface area contributed by atoms with E-state index in [4.69, 9.17) is 5.10 Å². The first-order valence-corrected chi connectivity index (χ1v) is 12.9. The molecule has 8 heteroatoms. The van der Waals surface area contributed by atoms with Gasteiger partial charge < -0.3 is 4.90 Å². The van der Waals surface area contributed by atoms with Crippen LogP contribution in [0.4, 0.5) is 17.6 Å². The molecule has 3 aromatic carbocycles. The number of alkyl halides is 3. The van der Waals surface area contributed by atoms with E-state index in [0.717, 1.165) is 55.1 Å². The van der Waals surface area contributed by atoms with E-state index in [1.165, 1.54) is 24.3 Å². The molecule has 0 N–H and O–H groups in total. The lowest BCUT2D eigenvalue weighted by molar-refractivity contribution is -0.137. The van der Waals surface area contributed by atoms with Crippen molar-refractivity contribution >= 4 is 10.8 Å². The van der Waals surface area contributed by atoms with E-state index in [9.17, 15) is 22.4 Å². The molecular formula is C30H29F4N3O. The predicted octanol–water partition coefficient (Wildman–Crippen LogP) is 6.41. The van der Waals surface area contributed by atoms with Crippen molar-refractivity contribution in [3.8, 4) is 0 Å². The first kappa shape index (κ1) is 26.1. The third kappa shape index (κ3) is 5.96. The van der Waals surface area contributed by atoms with Gasteiger partial charge in [-0.15, -0.1) is 0 Å². The fraction of sp³-hybridized carbons (Fsp3) is 0.333. The first-order valence-electron chi connectivity index (χ1n) is 12.9. The van der Waals surface area contributed by atoms with Gasteiger partial charge in [0.05, 0.1) is 22.7 Å². The molecule has 0 radical (unpaired) electrons. The van der Waals surface area contributed by atoms with Crippen LogP contribution in [-0.2, 0) is 19.0 Å². The number of aromatic nitrogens is 2. The smallest absolute Gasteiger partial charge is 0.303 e. The maximum absolute atomic E-state index is 13.4. The zero-order valence-corrected chi connectivity index (χ0v) is 20.9. The lowest BCUT2D eigenvalue weighted by atomic mass is 10.0. The average Bonchev–Trinajstić information content (AvgIpc) is 3.16. The van der Waals surface area contributed by atoms with Gasteiger partial charge in [-0.25, -0.2) is 9.07 Å². The Hall–Kier alpha value is -3.52. The lowest BCUT2D eigenvalue weighted by Crippen LogP contribution is -2.30. The van der Waals surface area contributed by atoms with Gasteiger partial charge in [-0.3, -0.25) is 4.79 Å². The van der Waals surface area contributed by atoms with Crippen molar-refractivity contribution < 1.29 is 17.6 Å².